The number of carbonyl (C=O) groups is 2. The summed E-state index contributed by atoms with van der Waals surface area (Å²) in [6.07, 6.45) is 0. The maximum Gasteiger partial charge on any atom is 0.255 e. The second-order valence-electron chi connectivity index (χ2n) is 6.06. The predicted octanol–water partition coefficient (Wildman–Crippen LogP) is 5.33. The molecule has 0 heterocycles. The number of hydrogen-bond donors (Lipinski definition) is 2. The molecule has 7 heteroatoms. The van der Waals surface area contributed by atoms with Crippen LogP contribution in [0.15, 0.2) is 77.7 Å². The summed E-state index contributed by atoms with van der Waals surface area (Å²) in [4.78, 5) is 25.4. The lowest BCUT2D eigenvalue weighted by atomic mass is 10.2. The van der Waals surface area contributed by atoms with Crippen molar-refractivity contribution in [1.29, 1.82) is 0 Å². The van der Waals surface area contributed by atoms with Crippen molar-refractivity contribution >= 4 is 46.6 Å². The molecule has 0 atom stereocenters. The van der Waals surface area contributed by atoms with E-state index in [4.69, 9.17) is 16.3 Å². The van der Waals surface area contributed by atoms with E-state index in [1.54, 1.807) is 49.6 Å². The molecule has 0 aliphatic rings. The zero-order valence-electron chi connectivity index (χ0n) is 15.6. The fourth-order valence-corrected chi connectivity index (χ4v) is 3.49. The van der Waals surface area contributed by atoms with E-state index in [1.807, 2.05) is 30.3 Å². The Morgan fingerprint density at radius 3 is 2.41 bits per heavy atom. The van der Waals surface area contributed by atoms with Crippen LogP contribution in [0.3, 0.4) is 0 Å². The third kappa shape index (κ3) is 6.27. The summed E-state index contributed by atoms with van der Waals surface area (Å²) in [6.45, 7) is 0. The number of hydrogen-bond acceptors (Lipinski definition) is 4. The van der Waals surface area contributed by atoms with E-state index in [0.29, 0.717) is 27.7 Å². The summed E-state index contributed by atoms with van der Waals surface area (Å²) < 4.78 is 5.15. The van der Waals surface area contributed by atoms with Crippen molar-refractivity contribution in [2.45, 2.75) is 4.90 Å². The lowest BCUT2D eigenvalue weighted by molar-refractivity contribution is -0.113. The molecule has 5 nitrogen and oxygen atoms in total. The van der Waals surface area contributed by atoms with Gasteiger partial charge >= 0.3 is 0 Å². The van der Waals surface area contributed by atoms with Gasteiger partial charge in [0.2, 0.25) is 5.91 Å². The van der Waals surface area contributed by atoms with Crippen molar-refractivity contribution in [2.24, 2.45) is 0 Å². The highest BCUT2D eigenvalue weighted by atomic mass is 35.5. The van der Waals surface area contributed by atoms with E-state index >= 15 is 0 Å². The summed E-state index contributed by atoms with van der Waals surface area (Å²) in [5, 5.41) is 6.18. The van der Waals surface area contributed by atoms with E-state index < -0.39 is 0 Å². The molecule has 148 valence electrons. The number of carbonyl (C=O) groups excluding carboxylic acids is 2. The second kappa shape index (κ2) is 10.0. The van der Waals surface area contributed by atoms with Gasteiger partial charge in [-0.3, -0.25) is 9.59 Å². The van der Waals surface area contributed by atoms with E-state index in [-0.39, 0.29) is 17.6 Å². The number of rotatable bonds is 7. The minimum Gasteiger partial charge on any atom is -0.497 e. The summed E-state index contributed by atoms with van der Waals surface area (Å²) in [6, 6.07) is 21.3. The van der Waals surface area contributed by atoms with Gasteiger partial charge < -0.3 is 15.4 Å². The quantitative estimate of drug-likeness (QED) is 0.501. The first-order valence-electron chi connectivity index (χ1n) is 8.77. The molecule has 0 aliphatic carbocycles. The summed E-state index contributed by atoms with van der Waals surface area (Å²) in [7, 11) is 1.58. The normalized spacial score (nSPS) is 10.3. The number of benzene rings is 3. The minimum absolute atomic E-state index is 0.128. The Balaban J connectivity index is 1.56. The number of amides is 2. The number of thioether (sulfide) groups is 1. The van der Waals surface area contributed by atoms with Gasteiger partial charge in [-0.25, -0.2) is 0 Å². The van der Waals surface area contributed by atoms with Gasteiger partial charge in [0.1, 0.15) is 5.75 Å². The highest BCUT2D eigenvalue weighted by Gasteiger charge is 2.08. The van der Waals surface area contributed by atoms with Gasteiger partial charge in [-0.05, 0) is 48.5 Å². The molecule has 29 heavy (non-hydrogen) atoms. The minimum atomic E-state index is -0.245. The smallest absolute Gasteiger partial charge is 0.255 e. The Morgan fingerprint density at radius 1 is 0.931 bits per heavy atom. The molecule has 3 aromatic rings. The van der Waals surface area contributed by atoms with Crippen LogP contribution in [0.2, 0.25) is 5.02 Å². The van der Waals surface area contributed by atoms with Gasteiger partial charge in [0.05, 0.1) is 12.9 Å². The van der Waals surface area contributed by atoms with E-state index in [1.165, 1.54) is 11.8 Å². The van der Waals surface area contributed by atoms with Crippen molar-refractivity contribution in [3.05, 3.63) is 83.4 Å². The molecule has 2 N–H and O–H groups in total. The third-order valence-corrected chi connectivity index (χ3v) is 5.13. The van der Waals surface area contributed by atoms with Crippen molar-refractivity contribution in [3.63, 3.8) is 0 Å². The SMILES string of the molecule is COc1cccc(NC(=O)CSc2cccc(NC(=O)c3cccc(Cl)c3)c2)c1. The number of ether oxygens (including phenoxy) is 1. The Hall–Kier alpha value is -2.96. The Labute approximate surface area is 178 Å². The van der Waals surface area contributed by atoms with E-state index in [9.17, 15) is 9.59 Å². The third-order valence-electron chi connectivity index (χ3n) is 3.90. The van der Waals surface area contributed by atoms with Crippen LogP contribution >= 0.6 is 23.4 Å². The molecular weight excluding hydrogens is 408 g/mol. The van der Waals surface area contributed by atoms with Crippen LogP contribution in [-0.4, -0.2) is 24.7 Å². The molecule has 3 rings (SSSR count). The zero-order chi connectivity index (χ0) is 20.6. The fraction of sp³-hybridized carbons (Fsp3) is 0.0909. The molecule has 2 amide bonds. The largest absolute Gasteiger partial charge is 0.497 e. The van der Waals surface area contributed by atoms with Gasteiger partial charge in [-0.1, -0.05) is 29.8 Å². The van der Waals surface area contributed by atoms with Gasteiger partial charge in [-0.15, -0.1) is 11.8 Å². The first-order chi connectivity index (χ1) is 14.0. The molecular formula is C22H19ClN2O3S. The molecule has 3 aromatic carbocycles. The van der Waals surface area contributed by atoms with Crippen LogP contribution in [0.25, 0.3) is 0 Å². The molecule has 0 unspecified atom stereocenters. The molecule has 0 bridgehead atoms. The molecule has 0 saturated carbocycles. The average Bonchev–Trinajstić information content (AvgIpc) is 2.72. The first-order valence-corrected chi connectivity index (χ1v) is 10.1. The Morgan fingerprint density at radius 2 is 1.66 bits per heavy atom. The Kier molecular flexibility index (Phi) is 7.16. The molecule has 0 fully saturated rings. The standard InChI is InChI=1S/C22H19ClN2O3S/c1-28-19-9-3-7-17(12-19)24-21(26)14-29-20-10-4-8-18(13-20)25-22(27)15-5-2-6-16(23)11-15/h2-13H,14H2,1H3,(H,24,26)(H,25,27). The highest BCUT2D eigenvalue weighted by molar-refractivity contribution is 8.00. The number of anilines is 2. The van der Waals surface area contributed by atoms with E-state index in [2.05, 4.69) is 10.6 Å². The van der Waals surface area contributed by atoms with Crippen molar-refractivity contribution in [1.82, 2.24) is 0 Å². The second-order valence-corrected chi connectivity index (χ2v) is 7.55. The number of nitrogens with one attached hydrogen (secondary N) is 2. The predicted molar refractivity (Wildman–Crippen MR) is 118 cm³/mol. The van der Waals surface area contributed by atoms with Crippen LogP contribution in [0.1, 0.15) is 10.4 Å². The lowest BCUT2D eigenvalue weighted by Gasteiger charge is -2.09. The molecule has 0 saturated heterocycles. The van der Waals surface area contributed by atoms with E-state index in [0.717, 1.165) is 4.90 Å². The summed E-state index contributed by atoms with van der Waals surface area (Å²) >= 11 is 7.32. The van der Waals surface area contributed by atoms with Gasteiger partial charge in [-0.2, -0.15) is 0 Å². The summed E-state index contributed by atoms with van der Waals surface area (Å²) in [5.74, 6) is 0.545. The van der Waals surface area contributed by atoms with Crippen molar-refractivity contribution < 1.29 is 14.3 Å². The first kappa shape index (κ1) is 20.8. The van der Waals surface area contributed by atoms with Crippen molar-refractivity contribution in [3.8, 4) is 5.75 Å². The Bertz CT molecular complexity index is 1030. The summed E-state index contributed by atoms with van der Waals surface area (Å²) in [5.41, 5.74) is 1.80. The number of halogens is 1. The van der Waals surface area contributed by atoms with Crippen LogP contribution in [0.5, 0.6) is 5.75 Å². The molecule has 0 spiro atoms. The molecule has 0 aromatic heterocycles. The highest BCUT2D eigenvalue weighted by Crippen LogP contribution is 2.23. The topological polar surface area (TPSA) is 67.4 Å². The van der Waals surface area contributed by atoms with Crippen molar-refractivity contribution in [2.75, 3.05) is 23.5 Å². The molecule has 0 radical (unpaired) electrons. The van der Waals surface area contributed by atoms with Crippen LogP contribution in [-0.2, 0) is 4.79 Å². The maximum absolute atomic E-state index is 12.3. The van der Waals surface area contributed by atoms with Gasteiger partial charge in [0.15, 0.2) is 0 Å². The van der Waals surface area contributed by atoms with Gasteiger partial charge in [0.25, 0.3) is 5.91 Å². The van der Waals surface area contributed by atoms with Crippen LogP contribution in [0, 0.1) is 0 Å². The zero-order valence-corrected chi connectivity index (χ0v) is 17.2. The number of methoxy groups -OCH3 is 1. The maximum atomic E-state index is 12.3. The van der Waals surface area contributed by atoms with Gasteiger partial charge in [0, 0.05) is 32.9 Å². The fourth-order valence-electron chi connectivity index (χ4n) is 2.54. The van der Waals surface area contributed by atoms with Crippen LogP contribution in [0.4, 0.5) is 11.4 Å². The van der Waals surface area contributed by atoms with Crippen LogP contribution < -0.4 is 15.4 Å². The lowest BCUT2D eigenvalue weighted by Crippen LogP contribution is -2.14. The molecule has 0 aliphatic heterocycles. The average molecular weight is 427 g/mol. The monoisotopic (exact) mass is 426 g/mol.